The van der Waals surface area contributed by atoms with Crippen LogP contribution in [0.3, 0.4) is 0 Å². The minimum Gasteiger partial charge on any atom is -0.475 e. The molecule has 2 aromatic rings. The quantitative estimate of drug-likeness (QED) is 0.702. The highest BCUT2D eigenvalue weighted by Crippen LogP contribution is 2.19. The van der Waals surface area contributed by atoms with Crippen molar-refractivity contribution in [1.82, 2.24) is 5.32 Å². The van der Waals surface area contributed by atoms with Crippen LogP contribution in [0, 0.1) is 3.57 Å². The first-order valence-electron chi connectivity index (χ1n) is 5.52. The lowest BCUT2D eigenvalue weighted by atomic mass is 10.2. The van der Waals surface area contributed by atoms with Crippen LogP contribution < -0.4 is 5.32 Å². The average molecular weight is 450 g/mol. The van der Waals surface area contributed by atoms with E-state index in [1.165, 1.54) is 12.1 Å². The normalized spacial score (nSPS) is 10.3. The minimum atomic E-state index is -1.14. The summed E-state index contributed by atoms with van der Waals surface area (Å²) in [5.74, 6) is -1.16. The van der Waals surface area contributed by atoms with Gasteiger partial charge in [0.25, 0.3) is 5.91 Å². The van der Waals surface area contributed by atoms with E-state index in [0.717, 1.165) is 3.57 Å². The molecule has 0 fully saturated rings. The number of halogens is 2. The number of carbonyl (C=O) groups is 2. The van der Waals surface area contributed by atoms with Gasteiger partial charge in [0.15, 0.2) is 0 Å². The molecule has 1 aromatic carbocycles. The first-order chi connectivity index (χ1) is 9.47. The van der Waals surface area contributed by atoms with Gasteiger partial charge >= 0.3 is 5.97 Å². The van der Waals surface area contributed by atoms with Crippen molar-refractivity contribution in [2.45, 2.75) is 6.54 Å². The van der Waals surface area contributed by atoms with Crippen LogP contribution in [-0.4, -0.2) is 17.0 Å². The smallest absolute Gasteiger partial charge is 0.371 e. The molecule has 0 aliphatic rings. The summed E-state index contributed by atoms with van der Waals surface area (Å²) in [5.41, 5.74) is 0.516. The van der Waals surface area contributed by atoms with Gasteiger partial charge in [-0.1, -0.05) is 0 Å². The van der Waals surface area contributed by atoms with Crippen molar-refractivity contribution in [3.8, 4) is 0 Å². The van der Waals surface area contributed by atoms with E-state index in [9.17, 15) is 9.59 Å². The van der Waals surface area contributed by atoms with Crippen LogP contribution in [-0.2, 0) is 6.54 Å². The van der Waals surface area contributed by atoms with Crippen molar-refractivity contribution in [2.24, 2.45) is 0 Å². The number of carboxylic acid groups (broad SMARTS) is 1. The van der Waals surface area contributed by atoms with E-state index in [0.29, 0.717) is 15.8 Å². The fourth-order valence-electron chi connectivity index (χ4n) is 1.52. The summed E-state index contributed by atoms with van der Waals surface area (Å²) in [4.78, 5) is 22.7. The molecule has 2 N–H and O–H groups in total. The lowest BCUT2D eigenvalue weighted by molar-refractivity contribution is 0.0660. The Morgan fingerprint density at radius 2 is 2.05 bits per heavy atom. The maximum Gasteiger partial charge on any atom is 0.371 e. The molecule has 1 heterocycles. The molecule has 0 aliphatic heterocycles. The van der Waals surface area contributed by atoms with Crippen molar-refractivity contribution in [2.75, 3.05) is 0 Å². The van der Waals surface area contributed by atoms with E-state index in [-0.39, 0.29) is 18.2 Å². The Morgan fingerprint density at radius 1 is 1.30 bits per heavy atom. The van der Waals surface area contributed by atoms with Gasteiger partial charge in [-0.05, 0) is 68.9 Å². The number of benzene rings is 1. The van der Waals surface area contributed by atoms with Gasteiger partial charge in [-0.3, -0.25) is 4.79 Å². The zero-order valence-corrected chi connectivity index (χ0v) is 13.8. The van der Waals surface area contributed by atoms with E-state index in [2.05, 4.69) is 43.8 Å². The van der Waals surface area contributed by atoms with Gasteiger partial charge in [-0.15, -0.1) is 0 Å². The number of hydrogen-bond donors (Lipinski definition) is 2. The second-order valence-electron chi connectivity index (χ2n) is 3.88. The molecule has 1 aromatic heterocycles. The van der Waals surface area contributed by atoms with Gasteiger partial charge in [0.2, 0.25) is 5.76 Å². The third kappa shape index (κ3) is 3.60. The predicted molar refractivity (Wildman–Crippen MR) is 83.7 cm³/mol. The Balaban J connectivity index is 2.04. The highest BCUT2D eigenvalue weighted by atomic mass is 127. The summed E-state index contributed by atoms with van der Waals surface area (Å²) in [5, 5.41) is 11.4. The predicted octanol–water partition coefficient (Wildman–Crippen LogP) is 3.27. The van der Waals surface area contributed by atoms with Crippen LogP contribution in [0.15, 0.2) is 39.2 Å². The first kappa shape index (κ1) is 15.0. The van der Waals surface area contributed by atoms with Gasteiger partial charge in [0, 0.05) is 8.04 Å². The average Bonchev–Trinajstić information content (AvgIpc) is 2.88. The lowest BCUT2D eigenvalue weighted by Gasteiger charge is -2.06. The van der Waals surface area contributed by atoms with Gasteiger partial charge < -0.3 is 14.8 Å². The number of rotatable bonds is 4. The maximum absolute atomic E-state index is 12.0. The second-order valence-corrected chi connectivity index (χ2v) is 5.98. The van der Waals surface area contributed by atoms with Gasteiger partial charge in [-0.2, -0.15) is 0 Å². The molecule has 0 bridgehead atoms. The van der Waals surface area contributed by atoms with E-state index in [1.807, 2.05) is 6.07 Å². The fourth-order valence-corrected chi connectivity index (χ4v) is 2.44. The Hall–Kier alpha value is -1.35. The summed E-state index contributed by atoms with van der Waals surface area (Å²) < 4.78 is 6.70. The van der Waals surface area contributed by atoms with Crippen LogP contribution >= 0.6 is 38.5 Å². The zero-order valence-electron chi connectivity index (χ0n) is 10.0. The van der Waals surface area contributed by atoms with Crippen LogP contribution in [0.1, 0.15) is 26.7 Å². The highest BCUT2D eigenvalue weighted by molar-refractivity contribution is 14.1. The van der Waals surface area contributed by atoms with Crippen LogP contribution in [0.25, 0.3) is 0 Å². The van der Waals surface area contributed by atoms with E-state index in [4.69, 9.17) is 9.52 Å². The molecule has 0 atom stereocenters. The molecule has 104 valence electrons. The van der Waals surface area contributed by atoms with Crippen LogP contribution in [0.2, 0.25) is 0 Å². The number of carbonyl (C=O) groups excluding carboxylic acids is 1. The van der Waals surface area contributed by atoms with Crippen LogP contribution in [0.4, 0.5) is 0 Å². The molecule has 0 unspecified atom stereocenters. The summed E-state index contributed by atoms with van der Waals surface area (Å²) >= 11 is 5.44. The molecule has 0 spiro atoms. The fraction of sp³-hybridized carbons (Fsp3) is 0.0769. The SMILES string of the molecule is O=C(O)c1ccc(CNC(=O)c2cc(I)ccc2Br)o1. The van der Waals surface area contributed by atoms with Gasteiger partial charge in [0.05, 0.1) is 12.1 Å². The molecule has 5 nitrogen and oxygen atoms in total. The highest BCUT2D eigenvalue weighted by Gasteiger charge is 2.12. The minimum absolute atomic E-state index is 0.129. The zero-order chi connectivity index (χ0) is 14.7. The molecule has 1 amide bonds. The van der Waals surface area contributed by atoms with Crippen molar-refractivity contribution < 1.29 is 19.1 Å². The second kappa shape index (κ2) is 6.40. The summed E-state index contributed by atoms with van der Waals surface area (Å²) in [7, 11) is 0. The summed E-state index contributed by atoms with van der Waals surface area (Å²) in [6.45, 7) is 0.129. The molecule has 20 heavy (non-hydrogen) atoms. The topological polar surface area (TPSA) is 79.5 Å². The summed E-state index contributed by atoms with van der Waals surface area (Å²) in [6, 6.07) is 8.31. The Kier molecular flexibility index (Phi) is 4.81. The largest absolute Gasteiger partial charge is 0.475 e. The number of amides is 1. The lowest BCUT2D eigenvalue weighted by Crippen LogP contribution is -2.23. The van der Waals surface area contributed by atoms with Crippen LogP contribution in [0.5, 0.6) is 0 Å². The molecule has 0 radical (unpaired) electrons. The maximum atomic E-state index is 12.0. The summed E-state index contributed by atoms with van der Waals surface area (Å²) in [6.07, 6.45) is 0. The molecule has 0 saturated heterocycles. The molecule has 7 heteroatoms. The standard InChI is InChI=1S/C13H9BrINO4/c14-10-3-1-7(15)5-9(10)12(17)16-6-8-2-4-11(20-8)13(18)19/h1-5H,6H2,(H,16,17)(H,18,19). The van der Waals surface area contributed by atoms with Crippen molar-refractivity contribution >= 4 is 50.4 Å². The Labute approximate surface area is 136 Å². The number of furan rings is 1. The number of aromatic carboxylic acids is 1. The van der Waals surface area contributed by atoms with E-state index in [1.54, 1.807) is 12.1 Å². The third-order valence-electron chi connectivity index (χ3n) is 2.47. The van der Waals surface area contributed by atoms with Gasteiger partial charge in [-0.25, -0.2) is 4.79 Å². The molecule has 0 aliphatic carbocycles. The van der Waals surface area contributed by atoms with Gasteiger partial charge in [0.1, 0.15) is 5.76 Å². The molecule has 0 saturated carbocycles. The monoisotopic (exact) mass is 449 g/mol. The van der Waals surface area contributed by atoms with E-state index >= 15 is 0 Å². The number of nitrogens with one attached hydrogen (secondary N) is 1. The Morgan fingerprint density at radius 3 is 2.70 bits per heavy atom. The van der Waals surface area contributed by atoms with Crippen molar-refractivity contribution in [3.63, 3.8) is 0 Å². The number of carboxylic acids is 1. The van der Waals surface area contributed by atoms with Crippen molar-refractivity contribution in [3.05, 3.63) is 55.5 Å². The Bertz CT molecular complexity index is 668. The first-order valence-corrected chi connectivity index (χ1v) is 7.40. The third-order valence-corrected chi connectivity index (χ3v) is 3.83. The number of hydrogen-bond acceptors (Lipinski definition) is 3. The molecular weight excluding hydrogens is 441 g/mol. The molecule has 2 rings (SSSR count). The molecular formula is C13H9BrINO4. The van der Waals surface area contributed by atoms with Crippen molar-refractivity contribution in [1.29, 1.82) is 0 Å². The van der Waals surface area contributed by atoms with E-state index < -0.39 is 5.97 Å².